The summed E-state index contributed by atoms with van der Waals surface area (Å²) in [6.07, 6.45) is -1.56. The highest BCUT2D eigenvalue weighted by atomic mass is 19.4. The second-order valence-corrected chi connectivity index (χ2v) is 7.25. The molecule has 0 atom stereocenters. The van der Waals surface area contributed by atoms with Crippen molar-refractivity contribution in [2.24, 2.45) is 0 Å². The van der Waals surface area contributed by atoms with Gasteiger partial charge in [-0.3, -0.25) is 4.79 Å². The molecule has 1 amide bonds. The summed E-state index contributed by atoms with van der Waals surface area (Å²) in [5.41, 5.74) is 1.90. The predicted molar refractivity (Wildman–Crippen MR) is 116 cm³/mol. The first-order valence-corrected chi connectivity index (χ1v) is 10.0. The normalized spacial score (nSPS) is 11.6. The molecule has 0 radical (unpaired) electrons. The summed E-state index contributed by atoms with van der Waals surface area (Å²) < 4.78 is 54.7. The smallest absolute Gasteiger partial charge is 0.416 e. The Hall–Kier alpha value is -3.75. The van der Waals surface area contributed by atoms with Gasteiger partial charge < -0.3 is 19.3 Å². The number of rotatable bonds is 8. The van der Waals surface area contributed by atoms with Crippen LogP contribution in [-0.4, -0.2) is 18.2 Å². The van der Waals surface area contributed by atoms with E-state index in [9.17, 15) is 18.0 Å². The Kier molecular flexibility index (Phi) is 7.42. The van der Waals surface area contributed by atoms with Crippen LogP contribution in [0.25, 0.3) is 6.08 Å². The standard InChI is InChI=1S/C24H23F3N2O4/c1-15-20(16(2)33-29-15)14-32-21-9-7-17(12-22(21)31-3)8-10-23(30)28-13-18-5-4-6-19(11-18)24(25,26)27/h4-12H,13-14H2,1-3H3,(H,28,30)/b10-8+. The number of carbonyl (C=O) groups excluding carboxylic acids is 1. The molecule has 0 aliphatic carbocycles. The Morgan fingerprint density at radius 2 is 1.94 bits per heavy atom. The number of hydrogen-bond donors (Lipinski definition) is 1. The van der Waals surface area contributed by atoms with Crippen LogP contribution in [0.2, 0.25) is 0 Å². The second kappa shape index (κ2) is 10.2. The van der Waals surface area contributed by atoms with Gasteiger partial charge in [0, 0.05) is 12.6 Å². The molecule has 0 spiro atoms. The van der Waals surface area contributed by atoms with Gasteiger partial charge in [-0.2, -0.15) is 13.2 Å². The molecule has 174 valence electrons. The maximum absolute atomic E-state index is 12.8. The minimum absolute atomic E-state index is 0.0229. The molecular formula is C24H23F3N2O4. The number of alkyl halides is 3. The molecule has 1 aromatic heterocycles. The zero-order valence-electron chi connectivity index (χ0n) is 18.3. The van der Waals surface area contributed by atoms with Crippen LogP contribution in [0.3, 0.4) is 0 Å². The molecular weight excluding hydrogens is 437 g/mol. The lowest BCUT2D eigenvalue weighted by molar-refractivity contribution is -0.137. The first-order valence-electron chi connectivity index (χ1n) is 10.0. The Balaban J connectivity index is 1.59. The van der Waals surface area contributed by atoms with Crippen LogP contribution in [0.4, 0.5) is 13.2 Å². The molecule has 0 fully saturated rings. The monoisotopic (exact) mass is 460 g/mol. The molecule has 33 heavy (non-hydrogen) atoms. The number of aryl methyl sites for hydroxylation is 2. The Morgan fingerprint density at radius 1 is 1.15 bits per heavy atom. The van der Waals surface area contributed by atoms with Crippen molar-refractivity contribution in [2.45, 2.75) is 33.2 Å². The molecule has 3 aromatic rings. The van der Waals surface area contributed by atoms with Crippen LogP contribution in [0.1, 0.15) is 33.7 Å². The number of carbonyl (C=O) groups is 1. The molecule has 0 unspecified atom stereocenters. The summed E-state index contributed by atoms with van der Waals surface area (Å²) in [5, 5.41) is 6.46. The van der Waals surface area contributed by atoms with Crippen molar-refractivity contribution in [3.63, 3.8) is 0 Å². The van der Waals surface area contributed by atoms with E-state index in [-0.39, 0.29) is 13.2 Å². The van der Waals surface area contributed by atoms with E-state index in [0.29, 0.717) is 28.4 Å². The highest BCUT2D eigenvalue weighted by molar-refractivity contribution is 5.91. The van der Waals surface area contributed by atoms with Gasteiger partial charge in [-0.1, -0.05) is 23.4 Å². The molecule has 1 heterocycles. The van der Waals surface area contributed by atoms with Gasteiger partial charge in [-0.05, 0) is 55.3 Å². The van der Waals surface area contributed by atoms with E-state index >= 15 is 0 Å². The first kappa shape index (κ1) is 23.9. The van der Waals surface area contributed by atoms with Crippen LogP contribution < -0.4 is 14.8 Å². The zero-order chi connectivity index (χ0) is 24.0. The van der Waals surface area contributed by atoms with Crippen LogP contribution in [0.15, 0.2) is 53.1 Å². The third-order valence-corrected chi connectivity index (χ3v) is 4.89. The SMILES string of the molecule is COc1cc(/C=C/C(=O)NCc2cccc(C(F)(F)F)c2)ccc1OCc1c(C)noc1C. The van der Waals surface area contributed by atoms with Gasteiger partial charge >= 0.3 is 6.18 Å². The average Bonchev–Trinajstić information content (AvgIpc) is 3.11. The van der Waals surface area contributed by atoms with Crippen molar-refractivity contribution in [3.05, 3.63) is 82.2 Å². The molecule has 0 bridgehead atoms. The average molecular weight is 460 g/mol. The lowest BCUT2D eigenvalue weighted by Gasteiger charge is -2.11. The number of benzene rings is 2. The van der Waals surface area contributed by atoms with E-state index in [0.717, 1.165) is 23.4 Å². The molecule has 1 N–H and O–H groups in total. The molecule has 6 nitrogen and oxygen atoms in total. The number of methoxy groups -OCH3 is 1. The van der Waals surface area contributed by atoms with Gasteiger partial charge in [-0.15, -0.1) is 0 Å². The first-order chi connectivity index (χ1) is 15.7. The van der Waals surface area contributed by atoms with Gasteiger partial charge in [0.15, 0.2) is 11.5 Å². The van der Waals surface area contributed by atoms with Gasteiger partial charge in [0.05, 0.1) is 23.9 Å². The molecule has 0 saturated carbocycles. The van der Waals surface area contributed by atoms with Crippen molar-refractivity contribution in [3.8, 4) is 11.5 Å². The lowest BCUT2D eigenvalue weighted by Crippen LogP contribution is -2.20. The highest BCUT2D eigenvalue weighted by Gasteiger charge is 2.30. The fourth-order valence-electron chi connectivity index (χ4n) is 3.04. The minimum atomic E-state index is -4.43. The third kappa shape index (κ3) is 6.38. The van der Waals surface area contributed by atoms with Crippen molar-refractivity contribution in [1.29, 1.82) is 0 Å². The largest absolute Gasteiger partial charge is 0.493 e. The van der Waals surface area contributed by atoms with Gasteiger partial charge in [0.25, 0.3) is 0 Å². The molecule has 3 rings (SSSR count). The quantitative estimate of drug-likeness (QED) is 0.466. The minimum Gasteiger partial charge on any atom is -0.493 e. The van der Waals surface area contributed by atoms with Gasteiger partial charge in [0.1, 0.15) is 12.4 Å². The summed E-state index contributed by atoms with van der Waals surface area (Å²) in [4.78, 5) is 12.1. The summed E-state index contributed by atoms with van der Waals surface area (Å²) in [5.74, 6) is 1.24. The summed E-state index contributed by atoms with van der Waals surface area (Å²) in [6, 6.07) is 10.0. The van der Waals surface area contributed by atoms with E-state index in [1.54, 1.807) is 24.3 Å². The Bertz CT molecular complexity index is 1130. The Labute approximate surface area is 189 Å². The zero-order valence-corrected chi connectivity index (χ0v) is 18.3. The van der Waals surface area contributed by atoms with Crippen molar-refractivity contribution in [2.75, 3.05) is 7.11 Å². The topological polar surface area (TPSA) is 73.6 Å². The summed E-state index contributed by atoms with van der Waals surface area (Å²) in [7, 11) is 1.51. The maximum Gasteiger partial charge on any atom is 0.416 e. The summed E-state index contributed by atoms with van der Waals surface area (Å²) >= 11 is 0. The number of hydrogen-bond acceptors (Lipinski definition) is 5. The van der Waals surface area contributed by atoms with Crippen LogP contribution in [-0.2, 0) is 24.1 Å². The van der Waals surface area contributed by atoms with Crippen molar-refractivity contribution >= 4 is 12.0 Å². The van der Waals surface area contributed by atoms with Crippen molar-refractivity contribution < 1.29 is 32.0 Å². The molecule has 0 aliphatic heterocycles. The highest BCUT2D eigenvalue weighted by Crippen LogP contribution is 2.30. The maximum atomic E-state index is 12.8. The van der Waals surface area contributed by atoms with E-state index in [1.807, 2.05) is 13.8 Å². The number of aromatic nitrogens is 1. The molecule has 2 aromatic carbocycles. The fraction of sp³-hybridized carbons (Fsp3) is 0.250. The van der Waals surface area contributed by atoms with E-state index in [1.165, 1.54) is 25.3 Å². The molecule has 0 saturated heterocycles. The summed E-state index contributed by atoms with van der Waals surface area (Å²) in [6.45, 7) is 3.88. The van der Waals surface area contributed by atoms with Crippen LogP contribution in [0, 0.1) is 13.8 Å². The number of nitrogens with one attached hydrogen (secondary N) is 1. The van der Waals surface area contributed by atoms with E-state index in [2.05, 4.69) is 10.5 Å². The van der Waals surface area contributed by atoms with Gasteiger partial charge in [-0.25, -0.2) is 0 Å². The van der Waals surface area contributed by atoms with Crippen LogP contribution in [0.5, 0.6) is 11.5 Å². The number of ether oxygens (including phenoxy) is 2. The number of amides is 1. The van der Waals surface area contributed by atoms with Gasteiger partial charge in [0.2, 0.25) is 5.91 Å². The van der Waals surface area contributed by atoms with E-state index in [4.69, 9.17) is 14.0 Å². The fourth-order valence-corrected chi connectivity index (χ4v) is 3.04. The van der Waals surface area contributed by atoms with Crippen molar-refractivity contribution in [1.82, 2.24) is 10.5 Å². The second-order valence-electron chi connectivity index (χ2n) is 7.25. The lowest BCUT2D eigenvalue weighted by atomic mass is 10.1. The Morgan fingerprint density at radius 3 is 2.61 bits per heavy atom. The van der Waals surface area contributed by atoms with E-state index < -0.39 is 17.6 Å². The molecule has 0 aliphatic rings. The predicted octanol–water partition coefficient (Wildman–Crippen LogP) is 5.23. The third-order valence-electron chi connectivity index (χ3n) is 4.89. The number of halogens is 3. The molecule has 9 heteroatoms. The number of nitrogens with zero attached hydrogens (tertiary/aromatic N) is 1. The van der Waals surface area contributed by atoms with Crippen LogP contribution >= 0.6 is 0 Å².